The van der Waals surface area contributed by atoms with E-state index in [2.05, 4.69) is 27.0 Å². The molecule has 0 aliphatic carbocycles. The Morgan fingerprint density at radius 2 is 2.28 bits per heavy atom. The highest BCUT2D eigenvalue weighted by Crippen LogP contribution is 2.27. The molecule has 1 aliphatic rings. The monoisotopic (exact) mass is 248 g/mol. The summed E-state index contributed by atoms with van der Waals surface area (Å²) in [6, 6.07) is 1.81. The Morgan fingerprint density at radius 1 is 1.56 bits per heavy atom. The number of fused-ring (bicyclic) bond motifs is 1. The number of aromatic amines is 1. The Labute approximate surface area is 104 Å². The second-order valence-corrected chi connectivity index (χ2v) is 4.96. The lowest BCUT2D eigenvalue weighted by Crippen LogP contribution is -2.67. The first kappa shape index (κ1) is 11.2. The second-order valence-electron chi connectivity index (χ2n) is 4.96. The van der Waals surface area contributed by atoms with Crippen LogP contribution in [0.15, 0.2) is 10.9 Å². The van der Waals surface area contributed by atoms with Crippen molar-refractivity contribution in [1.82, 2.24) is 19.6 Å². The van der Waals surface area contributed by atoms with Crippen LogP contribution in [-0.4, -0.2) is 38.2 Å². The van der Waals surface area contributed by atoms with E-state index in [4.69, 9.17) is 5.73 Å². The SMILES string of the molecule is CCC1(N)CN(c2cc3n[nH]c(=O)n3c(C)n2)C1. The lowest BCUT2D eigenvalue weighted by atomic mass is 9.88. The summed E-state index contributed by atoms with van der Waals surface area (Å²) in [6.45, 7) is 5.47. The lowest BCUT2D eigenvalue weighted by molar-refractivity contribution is 0.320. The van der Waals surface area contributed by atoms with Crippen LogP contribution < -0.4 is 16.3 Å². The number of anilines is 1. The molecule has 0 amide bonds. The maximum atomic E-state index is 11.5. The van der Waals surface area contributed by atoms with Crippen LogP contribution in [0, 0.1) is 6.92 Å². The molecule has 3 N–H and O–H groups in total. The summed E-state index contributed by atoms with van der Waals surface area (Å²) in [5, 5.41) is 6.39. The molecule has 0 unspecified atom stereocenters. The van der Waals surface area contributed by atoms with Crippen LogP contribution in [0.3, 0.4) is 0 Å². The number of aryl methyl sites for hydroxylation is 1. The average Bonchev–Trinajstić information content (AvgIpc) is 2.67. The summed E-state index contributed by atoms with van der Waals surface area (Å²) in [7, 11) is 0. The topological polar surface area (TPSA) is 92.3 Å². The Hall–Kier alpha value is -1.89. The molecule has 0 bridgehead atoms. The van der Waals surface area contributed by atoms with E-state index in [1.807, 2.05) is 0 Å². The Kier molecular flexibility index (Phi) is 2.21. The van der Waals surface area contributed by atoms with Crippen LogP contribution in [-0.2, 0) is 0 Å². The van der Waals surface area contributed by atoms with Gasteiger partial charge in [0.25, 0.3) is 0 Å². The minimum atomic E-state index is -0.258. The molecule has 2 aromatic heterocycles. The molecule has 0 radical (unpaired) electrons. The fourth-order valence-electron chi connectivity index (χ4n) is 2.34. The normalized spacial score (nSPS) is 18.1. The van der Waals surface area contributed by atoms with Crippen molar-refractivity contribution in [3.05, 3.63) is 22.4 Å². The van der Waals surface area contributed by atoms with Crippen molar-refractivity contribution < 1.29 is 0 Å². The summed E-state index contributed by atoms with van der Waals surface area (Å²) >= 11 is 0. The van der Waals surface area contributed by atoms with Crippen LogP contribution >= 0.6 is 0 Å². The molecule has 0 spiro atoms. The molecular weight excluding hydrogens is 232 g/mol. The van der Waals surface area contributed by atoms with Gasteiger partial charge in [0, 0.05) is 19.2 Å². The molecule has 3 heterocycles. The van der Waals surface area contributed by atoms with Gasteiger partial charge in [0.05, 0.1) is 5.54 Å². The lowest BCUT2D eigenvalue weighted by Gasteiger charge is -2.48. The third kappa shape index (κ3) is 1.51. The summed E-state index contributed by atoms with van der Waals surface area (Å²) in [4.78, 5) is 18.0. The van der Waals surface area contributed by atoms with Crippen molar-refractivity contribution in [2.24, 2.45) is 5.73 Å². The number of hydrogen-bond acceptors (Lipinski definition) is 5. The minimum Gasteiger partial charge on any atom is -0.353 e. The molecule has 0 saturated carbocycles. The third-order valence-corrected chi connectivity index (χ3v) is 3.60. The largest absolute Gasteiger partial charge is 0.353 e. The predicted octanol–water partition coefficient (Wildman–Crippen LogP) is -0.346. The fourth-order valence-corrected chi connectivity index (χ4v) is 2.34. The predicted molar refractivity (Wildman–Crippen MR) is 67.8 cm³/mol. The van der Waals surface area contributed by atoms with Gasteiger partial charge in [0.2, 0.25) is 0 Å². The molecule has 7 nitrogen and oxygen atoms in total. The summed E-state index contributed by atoms with van der Waals surface area (Å²) < 4.78 is 1.46. The van der Waals surface area contributed by atoms with Crippen LogP contribution in [0.25, 0.3) is 5.65 Å². The van der Waals surface area contributed by atoms with Crippen molar-refractivity contribution in [3.63, 3.8) is 0 Å². The number of rotatable bonds is 2. The number of nitrogens with two attached hydrogens (primary N) is 1. The molecule has 1 aliphatic heterocycles. The molecule has 0 atom stereocenters. The van der Waals surface area contributed by atoms with Crippen LogP contribution in [0.5, 0.6) is 0 Å². The van der Waals surface area contributed by atoms with Gasteiger partial charge in [-0.05, 0) is 13.3 Å². The van der Waals surface area contributed by atoms with Gasteiger partial charge in [-0.25, -0.2) is 19.3 Å². The molecular formula is C11H16N6O. The first-order valence-corrected chi connectivity index (χ1v) is 6.01. The highest BCUT2D eigenvalue weighted by Gasteiger charge is 2.38. The van der Waals surface area contributed by atoms with Gasteiger partial charge in [-0.15, -0.1) is 0 Å². The van der Waals surface area contributed by atoms with Crippen LogP contribution in [0.1, 0.15) is 19.2 Å². The summed E-state index contributed by atoms with van der Waals surface area (Å²) in [5.41, 5.74) is 6.37. The first-order chi connectivity index (χ1) is 8.52. The molecule has 1 saturated heterocycles. The maximum absolute atomic E-state index is 11.5. The number of hydrogen-bond donors (Lipinski definition) is 2. The fraction of sp³-hybridized carbons (Fsp3) is 0.545. The second kappa shape index (κ2) is 3.55. The zero-order valence-electron chi connectivity index (χ0n) is 10.5. The molecule has 7 heteroatoms. The van der Waals surface area contributed by atoms with E-state index in [-0.39, 0.29) is 11.2 Å². The number of nitrogens with zero attached hydrogens (tertiary/aromatic N) is 4. The van der Waals surface area contributed by atoms with Crippen molar-refractivity contribution in [1.29, 1.82) is 0 Å². The van der Waals surface area contributed by atoms with Crippen LogP contribution in [0.4, 0.5) is 5.82 Å². The molecule has 3 rings (SSSR count). The van der Waals surface area contributed by atoms with Crippen molar-refractivity contribution >= 4 is 11.5 Å². The Balaban J connectivity index is 1.98. The van der Waals surface area contributed by atoms with E-state index in [0.717, 1.165) is 25.3 Å². The molecule has 2 aromatic rings. The molecule has 18 heavy (non-hydrogen) atoms. The van der Waals surface area contributed by atoms with Crippen molar-refractivity contribution in [3.8, 4) is 0 Å². The zero-order chi connectivity index (χ0) is 12.9. The maximum Gasteiger partial charge on any atom is 0.349 e. The zero-order valence-corrected chi connectivity index (χ0v) is 10.5. The van der Waals surface area contributed by atoms with Gasteiger partial charge in [-0.2, -0.15) is 5.10 Å². The van der Waals surface area contributed by atoms with Gasteiger partial charge in [-0.3, -0.25) is 0 Å². The van der Waals surface area contributed by atoms with E-state index >= 15 is 0 Å². The molecule has 96 valence electrons. The smallest absolute Gasteiger partial charge is 0.349 e. The first-order valence-electron chi connectivity index (χ1n) is 6.01. The third-order valence-electron chi connectivity index (χ3n) is 3.60. The van der Waals surface area contributed by atoms with E-state index in [1.54, 1.807) is 13.0 Å². The van der Waals surface area contributed by atoms with Crippen molar-refractivity contribution in [2.75, 3.05) is 18.0 Å². The number of aromatic nitrogens is 4. The van der Waals surface area contributed by atoms with E-state index in [1.165, 1.54) is 4.40 Å². The number of H-pyrrole nitrogens is 1. The minimum absolute atomic E-state index is 0.104. The molecule has 1 fully saturated rings. The Bertz CT molecular complexity index is 651. The molecule has 0 aromatic carbocycles. The van der Waals surface area contributed by atoms with Gasteiger partial charge >= 0.3 is 5.69 Å². The highest BCUT2D eigenvalue weighted by atomic mass is 16.1. The highest BCUT2D eigenvalue weighted by molar-refractivity contribution is 5.54. The van der Waals surface area contributed by atoms with Crippen molar-refractivity contribution in [2.45, 2.75) is 25.8 Å². The Morgan fingerprint density at radius 3 is 2.94 bits per heavy atom. The van der Waals surface area contributed by atoms with Gasteiger partial charge in [-0.1, -0.05) is 6.92 Å². The summed E-state index contributed by atoms with van der Waals surface area (Å²) in [5.74, 6) is 1.46. The number of nitrogens with one attached hydrogen (secondary N) is 1. The summed E-state index contributed by atoms with van der Waals surface area (Å²) in [6.07, 6.45) is 0.951. The van der Waals surface area contributed by atoms with Crippen LogP contribution in [0.2, 0.25) is 0 Å². The van der Waals surface area contributed by atoms with E-state index in [9.17, 15) is 4.79 Å². The quantitative estimate of drug-likeness (QED) is 0.758. The van der Waals surface area contributed by atoms with E-state index < -0.39 is 0 Å². The van der Waals surface area contributed by atoms with E-state index in [0.29, 0.717) is 11.5 Å². The van der Waals surface area contributed by atoms with Gasteiger partial charge in [0.15, 0.2) is 5.65 Å². The van der Waals surface area contributed by atoms with Gasteiger partial charge in [0.1, 0.15) is 11.6 Å². The average molecular weight is 248 g/mol. The van der Waals surface area contributed by atoms with Gasteiger partial charge < -0.3 is 10.6 Å². The standard InChI is InChI=1S/C11H16N6O/c1-3-11(12)5-16(6-11)8-4-9-14-15-10(18)17(9)7(2)13-8/h4H,3,5-6,12H2,1-2H3,(H,15,18).